The molecular formula is C15H21NO3S. The van der Waals surface area contributed by atoms with E-state index < -0.39 is 21.1 Å². The van der Waals surface area contributed by atoms with Crippen LogP contribution in [0.5, 0.6) is 5.75 Å². The van der Waals surface area contributed by atoms with Crippen molar-refractivity contribution < 1.29 is 13.2 Å². The highest BCUT2D eigenvalue weighted by Gasteiger charge is 2.34. The molecule has 1 fully saturated rings. The lowest BCUT2D eigenvalue weighted by Gasteiger charge is -2.28. The zero-order valence-electron chi connectivity index (χ0n) is 11.5. The first-order valence-corrected chi connectivity index (χ1v) is 9.02. The first-order chi connectivity index (χ1) is 9.58. The van der Waals surface area contributed by atoms with Crippen LogP contribution in [-0.4, -0.2) is 26.0 Å². The van der Waals surface area contributed by atoms with Crippen LogP contribution in [0.2, 0.25) is 0 Å². The van der Waals surface area contributed by atoms with Crippen molar-refractivity contribution in [1.29, 1.82) is 0 Å². The van der Waals surface area contributed by atoms with Gasteiger partial charge in [0, 0.05) is 6.04 Å². The number of ether oxygens (including phenoxy) is 1. The van der Waals surface area contributed by atoms with Crippen molar-refractivity contribution in [2.45, 2.75) is 43.4 Å². The van der Waals surface area contributed by atoms with Crippen LogP contribution in [0.3, 0.4) is 0 Å². The Morgan fingerprint density at radius 2 is 2.10 bits per heavy atom. The molecule has 2 N–H and O–H groups in total. The Hall–Kier alpha value is -1.07. The molecule has 0 aliphatic carbocycles. The number of benzene rings is 1. The summed E-state index contributed by atoms with van der Waals surface area (Å²) in [5.74, 6) is 1.19. The van der Waals surface area contributed by atoms with E-state index in [-0.39, 0.29) is 5.75 Å². The summed E-state index contributed by atoms with van der Waals surface area (Å²) in [6.07, 6.45) is 4.38. The number of fused-ring (bicyclic) bond motifs is 1. The number of sulfone groups is 1. The fraction of sp³-hybridized carbons (Fsp3) is 0.600. The maximum Gasteiger partial charge on any atom is 0.155 e. The fourth-order valence-corrected chi connectivity index (χ4v) is 5.22. The van der Waals surface area contributed by atoms with E-state index in [0.29, 0.717) is 6.42 Å². The smallest absolute Gasteiger partial charge is 0.155 e. The van der Waals surface area contributed by atoms with E-state index in [0.717, 1.165) is 49.2 Å². The average molecular weight is 295 g/mol. The molecule has 1 aromatic carbocycles. The van der Waals surface area contributed by atoms with Gasteiger partial charge in [-0.3, -0.25) is 0 Å². The Labute approximate surface area is 120 Å². The van der Waals surface area contributed by atoms with Gasteiger partial charge in [0.1, 0.15) is 5.75 Å². The van der Waals surface area contributed by atoms with Crippen LogP contribution in [-0.2, 0) is 16.3 Å². The SMILES string of the molecule is NC(c1ccc2c(c1)CCCO2)C1CCCCS1(=O)=O. The van der Waals surface area contributed by atoms with Crippen molar-refractivity contribution in [3.05, 3.63) is 29.3 Å². The van der Waals surface area contributed by atoms with Crippen LogP contribution in [0.25, 0.3) is 0 Å². The second-order valence-corrected chi connectivity index (χ2v) is 8.09. The number of nitrogens with two attached hydrogens (primary N) is 1. The molecule has 0 radical (unpaired) electrons. The second-order valence-electron chi connectivity index (χ2n) is 5.75. The molecule has 0 aromatic heterocycles. The van der Waals surface area contributed by atoms with E-state index in [2.05, 4.69) is 0 Å². The average Bonchev–Trinajstić information content (AvgIpc) is 2.45. The molecule has 4 nitrogen and oxygen atoms in total. The maximum absolute atomic E-state index is 12.2. The van der Waals surface area contributed by atoms with E-state index in [1.165, 1.54) is 0 Å². The minimum Gasteiger partial charge on any atom is -0.493 e. The zero-order chi connectivity index (χ0) is 14.2. The highest BCUT2D eigenvalue weighted by Crippen LogP contribution is 2.32. The molecule has 5 heteroatoms. The number of aryl methyl sites for hydroxylation is 1. The van der Waals surface area contributed by atoms with E-state index in [1.54, 1.807) is 0 Å². The standard InChI is InChI=1S/C15H21NO3S/c16-15(14-5-1-2-9-20(14,17)18)12-6-7-13-11(10-12)4-3-8-19-13/h6-7,10,14-15H,1-5,8-9,16H2. The molecule has 20 heavy (non-hydrogen) atoms. The van der Waals surface area contributed by atoms with E-state index in [1.807, 2.05) is 18.2 Å². The van der Waals surface area contributed by atoms with Crippen LogP contribution in [0.1, 0.15) is 42.9 Å². The van der Waals surface area contributed by atoms with E-state index in [9.17, 15) is 8.42 Å². The molecular weight excluding hydrogens is 274 g/mol. The third-order valence-corrected chi connectivity index (χ3v) is 6.66. The number of hydrogen-bond acceptors (Lipinski definition) is 4. The van der Waals surface area contributed by atoms with Crippen molar-refractivity contribution >= 4 is 9.84 Å². The highest BCUT2D eigenvalue weighted by atomic mass is 32.2. The molecule has 0 saturated carbocycles. The topological polar surface area (TPSA) is 69.4 Å². The molecule has 3 rings (SSSR count). The lowest BCUT2D eigenvalue weighted by atomic mass is 9.96. The van der Waals surface area contributed by atoms with Crippen molar-refractivity contribution in [3.8, 4) is 5.75 Å². The second kappa shape index (κ2) is 5.37. The van der Waals surface area contributed by atoms with Crippen molar-refractivity contribution in [2.75, 3.05) is 12.4 Å². The Bertz CT molecular complexity index is 597. The Morgan fingerprint density at radius 1 is 1.25 bits per heavy atom. The zero-order valence-corrected chi connectivity index (χ0v) is 12.4. The first-order valence-electron chi connectivity index (χ1n) is 7.31. The quantitative estimate of drug-likeness (QED) is 0.905. The molecule has 1 saturated heterocycles. The minimum atomic E-state index is -3.05. The van der Waals surface area contributed by atoms with Crippen molar-refractivity contribution in [1.82, 2.24) is 0 Å². The first kappa shape index (κ1) is 13.9. The summed E-state index contributed by atoms with van der Waals surface area (Å²) >= 11 is 0. The predicted molar refractivity (Wildman–Crippen MR) is 78.6 cm³/mol. The monoisotopic (exact) mass is 295 g/mol. The Morgan fingerprint density at radius 3 is 2.90 bits per heavy atom. The van der Waals surface area contributed by atoms with Gasteiger partial charge in [-0.25, -0.2) is 8.42 Å². The molecule has 0 bridgehead atoms. The lowest BCUT2D eigenvalue weighted by molar-refractivity contribution is 0.288. The summed E-state index contributed by atoms with van der Waals surface area (Å²) in [5.41, 5.74) is 8.33. The van der Waals surface area contributed by atoms with Crippen LogP contribution < -0.4 is 10.5 Å². The third kappa shape index (κ3) is 2.56. The Balaban J connectivity index is 1.88. The van der Waals surface area contributed by atoms with Crippen LogP contribution in [0.4, 0.5) is 0 Å². The van der Waals surface area contributed by atoms with Gasteiger partial charge < -0.3 is 10.5 Å². The van der Waals surface area contributed by atoms with Crippen LogP contribution in [0, 0.1) is 0 Å². The highest BCUT2D eigenvalue weighted by molar-refractivity contribution is 7.92. The molecule has 2 unspecified atom stereocenters. The number of hydrogen-bond donors (Lipinski definition) is 1. The summed E-state index contributed by atoms with van der Waals surface area (Å²) in [7, 11) is -3.05. The van der Waals surface area contributed by atoms with Gasteiger partial charge in [0.15, 0.2) is 9.84 Å². The van der Waals surface area contributed by atoms with Gasteiger partial charge in [0.25, 0.3) is 0 Å². The molecule has 0 spiro atoms. The third-order valence-electron chi connectivity index (χ3n) is 4.35. The molecule has 2 atom stereocenters. The molecule has 2 heterocycles. The summed E-state index contributed by atoms with van der Waals surface area (Å²) in [5, 5.41) is -0.432. The van der Waals surface area contributed by atoms with Gasteiger partial charge >= 0.3 is 0 Å². The van der Waals surface area contributed by atoms with Gasteiger partial charge in [0.05, 0.1) is 17.6 Å². The summed E-state index contributed by atoms with van der Waals surface area (Å²) in [4.78, 5) is 0. The van der Waals surface area contributed by atoms with Crippen LogP contribution >= 0.6 is 0 Å². The summed E-state index contributed by atoms with van der Waals surface area (Å²) < 4.78 is 29.9. The van der Waals surface area contributed by atoms with Crippen molar-refractivity contribution in [3.63, 3.8) is 0 Å². The minimum absolute atomic E-state index is 0.277. The molecule has 110 valence electrons. The maximum atomic E-state index is 12.2. The molecule has 2 aliphatic rings. The van der Waals surface area contributed by atoms with E-state index in [4.69, 9.17) is 10.5 Å². The van der Waals surface area contributed by atoms with Gasteiger partial charge in [0.2, 0.25) is 0 Å². The van der Waals surface area contributed by atoms with Gasteiger partial charge in [-0.05, 0) is 42.9 Å². The lowest BCUT2D eigenvalue weighted by Crippen LogP contribution is -2.37. The Kier molecular flexibility index (Phi) is 3.73. The van der Waals surface area contributed by atoms with E-state index >= 15 is 0 Å². The molecule has 1 aromatic rings. The summed E-state index contributed by atoms with van der Waals surface area (Å²) in [6.45, 7) is 0.759. The molecule has 2 aliphatic heterocycles. The van der Waals surface area contributed by atoms with Gasteiger partial charge in [-0.2, -0.15) is 0 Å². The molecule has 0 amide bonds. The normalized spacial score (nSPS) is 26.4. The fourth-order valence-electron chi connectivity index (χ4n) is 3.18. The largest absolute Gasteiger partial charge is 0.493 e. The van der Waals surface area contributed by atoms with Gasteiger partial charge in [-0.15, -0.1) is 0 Å². The summed E-state index contributed by atoms with van der Waals surface area (Å²) in [6, 6.07) is 5.45. The van der Waals surface area contributed by atoms with Crippen LogP contribution in [0.15, 0.2) is 18.2 Å². The number of rotatable bonds is 2. The predicted octanol–water partition coefficient (Wildman–Crippen LogP) is 1.98. The van der Waals surface area contributed by atoms with Gasteiger partial charge in [-0.1, -0.05) is 18.6 Å². The van der Waals surface area contributed by atoms with Crippen molar-refractivity contribution in [2.24, 2.45) is 5.73 Å².